The highest BCUT2D eigenvalue weighted by Crippen LogP contribution is 2.38. The summed E-state index contributed by atoms with van der Waals surface area (Å²) >= 11 is 4.90. The van der Waals surface area contributed by atoms with Gasteiger partial charge in [-0.2, -0.15) is 0 Å². The van der Waals surface area contributed by atoms with Crippen molar-refractivity contribution in [3.8, 4) is 5.75 Å². The Morgan fingerprint density at radius 3 is 2.56 bits per heavy atom. The molecule has 0 radical (unpaired) electrons. The average Bonchev–Trinajstić information content (AvgIpc) is 3.57. The number of benzene rings is 2. The Bertz CT molecular complexity index is 1580. The molecular weight excluding hydrogens is 578 g/mol. The van der Waals surface area contributed by atoms with Gasteiger partial charge in [-0.3, -0.25) is 9.36 Å². The molecule has 0 amide bonds. The van der Waals surface area contributed by atoms with Crippen LogP contribution in [0.15, 0.2) is 68.0 Å². The first kappa shape index (κ1) is 27.4. The van der Waals surface area contributed by atoms with E-state index >= 15 is 0 Å². The molecule has 2 aromatic carbocycles. The maximum Gasteiger partial charge on any atom is 0.338 e. The van der Waals surface area contributed by atoms with Crippen molar-refractivity contribution in [3.05, 3.63) is 89.0 Å². The molecule has 1 aromatic heterocycles. The molecule has 0 unspecified atom stereocenters. The minimum Gasteiger partial charge on any atom is -0.496 e. The number of methoxy groups -OCH3 is 1. The number of rotatable bonds is 8. The highest BCUT2D eigenvalue weighted by Gasteiger charge is 2.36. The topological polar surface area (TPSA) is 73.1 Å². The zero-order valence-electron chi connectivity index (χ0n) is 22.4. The van der Waals surface area contributed by atoms with Gasteiger partial charge >= 0.3 is 5.97 Å². The Morgan fingerprint density at radius 2 is 1.90 bits per heavy atom. The number of carbonyl (C=O) groups is 1. The van der Waals surface area contributed by atoms with E-state index in [2.05, 4.69) is 33.0 Å². The van der Waals surface area contributed by atoms with Gasteiger partial charge in [-0.05, 0) is 68.2 Å². The summed E-state index contributed by atoms with van der Waals surface area (Å²) in [5.74, 6) is 0.110. The van der Waals surface area contributed by atoms with Crippen LogP contribution in [0.1, 0.15) is 56.7 Å². The van der Waals surface area contributed by atoms with Crippen molar-refractivity contribution in [2.75, 3.05) is 31.7 Å². The first-order valence-electron chi connectivity index (χ1n) is 13.4. The third-order valence-electron chi connectivity index (χ3n) is 7.04. The summed E-state index contributed by atoms with van der Waals surface area (Å²) in [6, 6.07) is 13.2. The first-order chi connectivity index (χ1) is 18.9. The second-order valence-electron chi connectivity index (χ2n) is 9.59. The summed E-state index contributed by atoms with van der Waals surface area (Å²) in [5, 5.41) is 0. The van der Waals surface area contributed by atoms with Crippen molar-refractivity contribution in [1.29, 1.82) is 0 Å². The molecule has 1 saturated heterocycles. The summed E-state index contributed by atoms with van der Waals surface area (Å²) in [7, 11) is 1.59. The van der Waals surface area contributed by atoms with Crippen LogP contribution in [-0.4, -0.2) is 37.3 Å². The molecule has 7 nitrogen and oxygen atoms in total. The third kappa shape index (κ3) is 5.47. The molecule has 3 aromatic rings. The lowest BCUT2D eigenvalue weighted by Gasteiger charge is -2.27. The lowest BCUT2D eigenvalue weighted by Crippen LogP contribution is -2.40. The van der Waals surface area contributed by atoms with E-state index in [1.54, 1.807) is 18.6 Å². The number of ether oxygens (including phenoxy) is 2. The Hall–Kier alpha value is -3.17. The smallest absolute Gasteiger partial charge is 0.338 e. The largest absolute Gasteiger partial charge is 0.496 e. The van der Waals surface area contributed by atoms with E-state index in [0.29, 0.717) is 38.3 Å². The summed E-state index contributed by atoms with van der Waals surface area (Å²) < 4.78 is 14.2. The highest BCUT2D eigenvalue weighted by atomic mass is 79.9. The molecule has 3 heterocycles. The molecule has 5 rings (SSSR count). The Kier molecular flexibility index (Phi) is 8.37. The predicted molar refractivity (Wildman–Crippen MR) is 158 cm³/mol. The van der Waals surface area contributed by atoms with Gasteiger partial charge in [0, 0.05) is 28.8 Å². The van der Waals surface area contributed by atoms with Gasteiger partial charge in [-0.1, -0.05) is 52.7 Å². The molecule has 204 valence electrons. The fraction of sp³-hybridized carbons (Fsp3) is 0.367. The molecule has 0 saturated carbocycles. The Balaban J connectivity index is 1.69. The fourth-order valence-corrected chi connectivity index (χ4v) is 6.64. The van der Waals surface area contributed by atoms with Crippen molar-refractivity contribution >= 4 is 45.0 Å². The van der Waals surface area contributed by atoms with Crippen LogP contribution in [0.3, 0.4) is 0 Å². The molecular formula is C30H32BrN3O4S. The molecule has 0 spiro atoms. The highest BCUT2D eigenvalue weighted by molar-refractivity contribution is 9.10. The molecule has 2 aliphatic rings. The van der Waals surface area contributed by atoms with Crippen LogP contribution in [0.5, 0.6) is 5.75 Å². The van der Waals surface area contributed by atoms with Gasteiger partial charge in [0.2, 0.25) is 0 Å². The quantitative estimate of drug-likeness (QED) is 0.338. The second kappa shape index (κ2) is 11.9. The van der Waals surface area contributed by atoms with Crippen LogP contribution in [0.2, 0.25) is 0 Å². The summed E-state index contributed by atoms with van der Waals surface area (Å²) in [4.78, 5) is 35.2. The zero-order valence-corrected chi connectivity index (χ0v) is 24.8. The van der Waals surface area contributed by atoms with Crippen molar-refractivity contribution in [2.45, 2.75) is 45.6 Å². The zero-order chi connectivity index (χ0) is 27.5. The maximum absolute atomic E-state index is 14.0. The molecule has 9 heteroatoms. The molecule has 0 aliphatic carbocycles. The number of anilines is 1. The summed E-state index contributed by atoms with van der Waals surface area (Å²) in [5.41, 5.74) is 3.66. The number of hydrogen-bond acceptors (Lipinski definition) is 7. The number of carbonyl (C=O) groups excluding carboxylic acids is 1. The molecule has 2 aliphatic heterocycles. The van der Waals surface area contributed by atoms with Crippen molar-refractivity contribution in [1.82, 2.24) is 4.57 Å². The van der Waals surface area contributed by atoms with Crippen LogP contribution in [-0.2, 0) is 9.53 Å². The number of halogens is 1. The Morgan fingerprint density at radius 1 is 1.15 bits per heavy atom. The summed E-state index contributed by atoms with van der Waals surface area (Å²) in [6.07, 6.45) is 5.73. The van der Waals surface area contributed by atoms with Crippen LogP contribution in [0.25, 0.3) is 6.08 Å². The minimum atomic E-state index is -0.728. The van der Waals surface area contributed by atoms with Crippen LogP contribution in [0, 0.1) is 0 Å². The van der Waals surface area contributed by atoms with Gasteiger partial charge in [0.25, 0.3) is 5.56 Å². The van der Waals surface area contributed by atoms with Gasteiger partial charge in [0.05, 0.1) is 29.5 Å². The van der Waals surface area contributed by atoms with E-state index in [4.69, 9.17) is 14.5 Å². The minimum absolute atomic E-state index is 0.202. The number of aromatic nitrogens is 1. The fourth-order valence-electron chi connectivity index (χ4n) is 5.24. The average molecular weight is 611 g/mol. The third-order valence-corrected chi connectivity index (χ3v) is 8.52. The van der Waals surface area contributed by atoms with Gasteiger partial charge in [0.15, 0.2) is 4.80 Å². The van der Waals surface area contributed by atoms with E-state index in [1.807, 2.05) is 43.3 Å². The number of allylic oxidation sites excluding steroid dienone is 1. The SMILES string of the molecule is CCCC1=C(C(=O)OCC)[C@H](c2cc(Br)ccc2OC)n2c(s/c(=C\c3ccc(N4CCCC4)cc3)c2=O)=N1. The van der Waals surface area contributed by atoms with Gasteiger partial charge in [-0.25, -0.2) is 9.79 Å². The van der Waals surface area contributed by atoms with E-state index in [0.717, 1.165) is 29.5 Å². The van der Waals surface area contributed by atoms with Crippen molar-refractivity contribution < 1.29 is 14.3 Å². The maximum atomic E-state index is 14.0. The number of thiazole rings is 1. The van der Waals surface area contributed by atoms with Gasteiger partial charge < -0.3 is 14.4 Å². The molecule has 1 fully saturated rings. The van der Waals surface area contributed by atoms with Crippen LogP contribution >= 0.6 is 27.3 Å². The standard InChI is InChI=1S/C30H32BrN3O4S/c1-4-8-23-26(29(36)38-5-2)27(22-18-20(31)11-14-24(22)37-3)34-28(35)25(39-30(34)32-23)17-19-9-12-21(13-10-19)33-15-6-7-16-33/h9-14,17-18,27H,4-8,15-16H2,1-3H3/b25-17-/t27-/m0/s1. The molecule has 0 bridgehead atoms. The van der Waals surface area contributed by atoms with Gasteiger partial charge in [-0.15, -0.1) is 0 Å². The number of nitrogens with zero attached hydrogens (tertiary/aromatic N) is 3. The van der Waals surface area contributed by atoms with Crippen LogP contribution in [0.4, 0.5) is 5.69 Å². The van der Waals surface area contributed by atoms with Crippen molar-refractivity contribution in [2.24, 2.45) is 4.99 Å². The molecule has 1 atom stereocenters. The monoisotopic (exact) mass is 609 g/mol. The van der Waals surface area contributed by atoms with E-state index in [9.17, 15) is 9.59 Å². The number of hydrogen-bond donors (Lipinski definition) is 0. The van der Waals surface area contributed by atoms with Gasteiger partial charge in [0.1, 0.15) is 11.8 Å². The summed E-state index contributed by atoms with van der Waals surface area (Å²) in [6.45, 7) is 6.21. The lowest BCUT2D eigenvalue weighted by atomic mass is 9.93. The van der Waals surface area contributed by atoms with E-state index in [-0.39, 0.29) is 12.2 Å². The molecule has 0 N–H and O–H groups in total. The lowest BCUT2D eigenvalue weighted by molar-refractivity contribution is -0.139. The Labute approximate surface area is 240 Å². The van der Waals surface area contributed by atoms with E-state index in [1.165, 1.54) is 29.9 Å². The van der Waals surface area contributed by atoms with Crippen molar-refractivity contribution in [3.63, 3.8) is 0 Å². The second-order valence-corrected chi connectivity index (χ2v) is 11.5. The molecule has 39 heavy (non-hydrogen) atoms. The first-order valence-corrected chi connectivity index (χ1v) is 15.0. The number of esters is 1. The van der Waals surface area contributed by atoms with E-state index < -0.39 is 12.0 Å². The normalized spacial score (nSPS) is 17.3. The van der Waals surface area contributed by atoms with Crippen LogP contribution < -0.4 is 24.5 Å². The predicted octanol–water partition coefficient (Wildman–Crippen LogP) is 4.95. The number of fused-ring (bicyclic) bond motifs is 1.